The van der Waals surface area contributed by atoms with Gasteiger partial charge in [0.15, 0.2) is 0 Å². The van der Waals surface area contributed by atoms with Gasteiger partial charge in [0.2, 0.25) is 11.8 Å². The van der Waals surface area contributed by atoms with Crippen LogP contribution in [0.4, 0.5) is 0 Å². The van der Waals surface area contributed by atoms with Crippen LogP contribution < -0.4 is 20.1 Å². The fraction of sp³-hybridized carbons (Fsp3) is 0.457. The van der Waals surface area contributed by atoms with Crippen molar-refractivity contribution in [2.45, 2.75) is 57.4 Å². The quantitative estimate of drug-likeness (QED) is 0.442. The Morgan fingerprint density at radius 3 is 2.67 bits per heavy atom. The van der Waals surface area contributed by atoms with Gasteiger partial charge in [-0.25, -0.2) is 0 Å². The van der Waals surface area contributed by atoms with Crippen molar-refractivity contribution in [3.8, 4) is 17.2 Å². The van der Waals surface area contributed by atoms with Gasteiger partial charge in [-0.15, -0.1) is 0 Å². The zero-order valence-corrected chi connectivity index (χ0v) is 26.2. The summed E-state index contributed by atoms with van der Waals surface area (Å²) in [5, 5.41) is 6.04. The summed E-state index contributed by atoms with van der Waals surface area (Å²) in [5.74, 6) is 2.22. The maximum absolute atomic E-state index is 13.7. The highest BCUT2D eigenvalue weighted by Gasteiger charge is 2.36. The lowest BCUT2D eigenvalue weighted by Gasteiger charge is -2.41. The third-order valence-electron chi connectivity index (χ3n) is 8.95. The monoisotopic (exact) mass is 630 g/mol. The number of rotatable bonds is 4. The van der Waals surface area contributed by atoms with Crippen LogP contribution in [0.25, 0.3) is 0 Å². The van der Waals surface area contributed by atoms with Crippen LogP contribution in [0.5, 0.6) is 17.2 Å². The lowest BCUT2D eigenvalue weighted by molar-refractivity contribution is -0.142. The minimum Gasteiger partial charge on any atom is -0.497 e. The Bertz CT molecular complexity index is 1500. The highest BCUT2D eigenvalue weighted by atomic mass is 16.5. The summed E-state index contributed by atoms with van der Waals surface area (Å²) in [6, 6.07) is 16.2. The number of nitrogens with one attached hydrogen (secondary N) is 2. The van der Waals surface area contributed by atoms with Crippen molar-refractivity contribution in [1.82, 2.24) is 20.4 Å². The Balaban J connectivity index is 1.12. The van der Waals surface area contributed by atoms with Crippen molar-refractivity contribution >= 4 is 17.7 Å². The Kier molecular flexibility index (Phi) is 10.2. The number of ether oxygens (including phenoxy) is 3. The molecule has 3 aliphatic heterocycles. The number of nitrogens with zero attached hydrogens (tertiary/aromatic N) is 2. The molecule has 0 aliphatic carbocycles. The van der Waals surface area contributed by atoms with E-state index in [0.717, 1.165) is 43.8 Å². The zero-order valence-electron chi connectivity index (χ0n) is 26.2. The molecule has 244 valence electrons. The van der Waals surface area contributed by atoms with Crippen LogP contribution in [0.15, 0.2) is 65.3 Å². The first kappa shape index (κ1) is 31.6. The molecule has 11 heteroatoms. The second kappa shape index (κ2) is 14.8. The molecular weight excluding hydrogens is 588 g/mol. The van der Waals surface area contributed by atoms with Crippen molar-refractivity contribution in [3.63, 3.8) is 0 Å². The van der Waals surface area contributed by atoms with Gasteiger partial charge in [0.05, 0.1) is 38.7 Å². The van der Waals surface area contributed by atoms with Gasteiger partial charge in [0.1, 0.15) is 23.0 Å². The van der Waals surface area contributed by atoms with Crippen LogP contribution >= 0.6 is 0 Å². The van der Waals surface area contributed by atoms with Gasteiger partial charge in [-0.2, -0.15) is 0 Å². The van der Waals surface area contributed by atoms with Crippen LogP contribution in [0.3, 0.4) is 0 Å². The van der Waals surface area contributed by atoms with Gasteiger partial charge < -0.3 is 34.2 Å². The summed E-state index contributed by atoms with van der Waals surface area (Å²) in [6.07, 6.45) is 4.35. The molecule has 3 amide bonds. The van der Waals surface area contributed by atoms with E-state index >= 15 is 0 Å². The molecule has 11 nitrogen and oxygen atoms in total. The third kappa shape index (κ3) is 8.07. The van der Waals surface area contributed by atoms with Crippen LogP contribution in [0.1, 0.15) is 53.8 Å². The van der Waals surface area contributed by atoms with E-state index in [9.17, 15) is 14.4 Å². The minimum absolute atomic E-state index is 0.0360. The molecule has 3 aromatic rings. The number of likely N-dealkylation sites (tertiary alicyclic amines) is 2. The highest BCUT2D eigenvalue weighted by Crippen LogP contribution is 2.29. The number of fused-ring (bicyclic) bond motifs is 5. The van der Waals surface area contributed by atoms with E-state index < -0.39 is 0 Å². The van der Waals surface area contributed by atoms with Gasteiger partial charge in [-0.05, 0) is 80.7 Å². The lowest BCUT2D eigenvalue weighted by atomic mass is 9.93. The smallest absolute Gasteiger partial charge is 0.251 e. The number of furan rings is 1. The summed E-state index contributed by atoms with van der Waals surface area (Å²) < 4.78 is 23.4. The lowest BCUT2D eigenvalue weighted by Crippen LogP contribution is -2.58. The molecule has 6 rings (SSSR count). The minimum atomic E-state index is -0.343. The number of amides is 3. The number of piperidine rings is 2. The first-order valence-corrected chi connectivity index (χ1v) is 16.1. The van der Waals surface area contributed by atoms with Crippen molar-refractivity contribution in [3.05, 3.63) is 77.7 Å². The average Bonchev–Trinajstić information content (AvgIpc) is 3.59. The van der Waals surface area contributed by atoms with Crippen LogP contribution in [0, 0.1) is 5.92 Å². The van der Waals surface area contributed by atoms with E-state index in [0.29, 0.717) is 61.9 Å². The van der Waals surface area contributed by atoms with Crippen molar-refractivity contribution in [2.24, 2.45) is 5.92 Å². The molecule has 0 radical (unpaired) electrons. The van der Waals surface area contributed by atoms with Crippen LogP contribution in [0.2, 0.25) is 0 Å². The molecule has 46 heavy (non-hydrogen) atoms. The molecule has 2 saturated heterocycles. The van der Waals surface area contributed by atoms with Gasteiger partial charge in [-0.3, -0.25) is 19.3 Å². The van der Waals surface area contributed by atoms with E-state index in [1.165, 1.54) is 7.11 Å². The number of methoxy groups -OCH3 is 1. The Morgan fingerprint density at radius 1 is 1.00 bits per heavy atom. The largest absolute Gasteiger partial charge is 0.497 e. The first-order chi connectivity index (χ1) is 22.4. The van der Waals surface area contributed by atoms with Gasteiger partial charge in [0, 0.05) is 43.6 Å². The summed E-state index contributed by atoms with van der Waals surface area (Å²) >= 11 is 0. The molecule has 2 atom stereocenters. The molecule has 2 N–H and O–H groups in total. The summed E-state index contributed by atoms with van der Waals surface area (Å²) in [6.45, 7) is 4.07. The Labute approximate surface area is 269 Å². The van der Waals surface area contributed by atoms with Gasteiger partial charge in [-0.1, -0.05) is 12.1 Å². The molecule has 4 bridgehead atoms. The molecular formula is C35H42N4O7. The number of carbonyl (C=O) groups excluding carboxylic acids is 3. The maximum Gasteiger partial charge on any atom is 0.251 e. The number of hydrogen-bond acceptors (Lipinski definition) is 8. The van der Waals surface area contributed by atoms with E-state index in [4.69, 9.17) is 18.6 Å². The van der Waals surface area contributed by atoms with Crippen LogP contribution in [-0.2, 0) is 27.5 Å². The fourth-order valence-electron chi connectivity index (χ4n) is 6.44. The molecule has 4 heterocycles. The number of benzene rings is 2. The van der Waals surface area contributed by atoms with E-state index in [1.54, 1.807) is 24.5 Å². The SMILES string of the molecule is COc1cc2cc(c1)C(=O)NCCCC(=O)N[C@H]1CN(C(=O)C3CCN(Cc4ccco4)CC3)CC[C@@H]1OCc1cccc(c1)O2. The summed E-state index contributed by atoms with van der Waals surface area (Å²) in [7, 11) is 1.54. The molecule has 0 spiro atoms. The molecule has 0 unspecified atom stereocenters. The predicted octanol–water partition coefficient (Wildman–Crippen LogP) is 4.12. The van der Waals surface area contributed by atoms with Gasteiger partial charge in [0.25, 0.3) is 5.91 Å². The Hall–Kier alpha value is -4.35. The van der Waals surface area contributed by atoms with E-state index in [-0.39, 0.29) is 42.2 Å². The maximum atomic E-state index is 13.7. The fourth-order valence-corrected chi connectivity index (χ4v) is 6.44. The second-order valence-electron chi connectivity index (χ2n) is 12.2. The number of hydrogen-bond donors (Lipinski definition) is 2. The second-order valence-corrected chi connectivity index (χ2v) is 12.2. The Morgan fingerprint density at radius 2 is 1.87 bits per heavy atom. The zero-order chi connectivity index (χ0) is 31.9. The van der Waals surface area contributed by atoms with Gasteiger partial charge >= 0.3 is 0 Å². The summed E-state index contributed by atoms with van der Waals surface area (Å²) in [5.41, 5.74) is 1.31. The van der Waals surface area contributed by atoms with Crippen molar-refractivity contribution in [1.29, 1.82) is 0 Å². The number of carbonyl (C=O) groups is 3. The third-order valence-corrected chi connectivity index (χ3v) is 8.95. The standard InChI is InChI=1S/C35H42N4O7/c1-43-29-18-26-19-30(20-29)46-27-6-2-5-24(17-27)23-45-32-11-15-39(22-31(32)37-33(40)8-3-12-36-34(26)41)35(42)25-9-13-38(14-10-25)21-28-7-4-16-44-28/h2,4-7,16-20,25,31-32H,3,8-15,21-23H2,1H3,(H,36,41)(H,37,40)/t31-,32-/m0/s1. The molecule has 2 fully saturated rings. The van der Waals surface area contributed by atoms with Crippen molar-refractivity contribution in [2.75, 3.05) is 39.8 Å². The van der Waals surface area contributed by atoms with E-state index in [2.05, 4.69) is 15.5 Å². The average molecular weight is 631 g/mol. The molecule has 2 aromatic carbocycles. The first-order valence-electron chi connectivity index (χ1n) is 16.1. The topological polar surface area (TPSA) is 123 Å². The molecule has 3 aliphatic rings. The van der Waals surface area contributed by atoms with Crippen molar-refractivity contribution < 1.29 is 33.0 Å². The van der Waals surface area contributed by atoms with Crippen LogP contribution in [-0.4, -0.2) is 79.5 Å². The predicted molar refractivity (Wildman–Crippen MR) is 169 cm³/mol. The van der Waals surface area contributed by atoms with E-state index in [1.807, 2.05) is 41.3 Å². The summed E-state index contributed by atoms with van der Waals surface area (Å²) in [4.78, 5) is 43.9. The normalized spacial score (nSPS) is 22.0. The molecule has 0 saturated carbocycles. The highest BCUT2D eigenvalue weighted by molar-refractivity contribution is 5.95. The molecule has 1 aromatic heterocycles.